The van der Waals surface area contributed by atoms with Crippen molar-refractivity contribution in [2.24, 2.45) is 0 Å². The monoisotopic (exact) mass is 462 g/mol. The SMILES string of the molecule is Cc1cccn2c(=O)c3cc(C(=O)N[C@H](C)c4ccccc4)c(N)[n+](CCOCCO)c3nc12. The largest absolute Gasteiger partial charge is 0.394 e. The van der Waals surface area contributed by atoms with Gasteiger partial charge < -0.3 is 20.9 Å². The van der Waals surface area contributed by atoms with Crippen molar-refractivity contribution >= 4 is 28.4 Å². The quantitative estimate of drug-likeness (QED) is 0.207. The Morgan fingerprint density at radius 2 is 2.00 bits per heavy atom. The zero-order valence-electron chi connectivity index (χ0n) is 19.2. The summed E-state index contributed by atoms with van der Waals surface area (Å²) in [5.41, 5.74) is 9.02. The number of hydrogen-bond donors (Lipinski definition) is 3. The number of aryl methyl sites for hydroxylation is 1. The highest BCUT2D eigenvalue weighted by molar-refractivity contribution is 6.00. The molecule has 1 amide bonds. The van der Waals surface area contributed by atoms with Gasteiger partial charge in [0, 0.05) is 11.8 Å². The molecule has 176 valence electrons. The lowest BCUT2D eigenvalue weighted by Crippen LogP contribution is -2.44. The van der Waals surface area contributed by atoms with Gasteiger partial charge in [-0.3, -0.25) is 14.0 Å². The normalized spacial score (nSPS) is 12.2. The van der Waals surface area contributed by atoms with Crippen LogP contribution in [0.5, 0.6) is 0 Å². The highest BCUT2D eigenvalue weighted by atomic mass is 16.5. The lowest BCUT2D eigenvalue weighted by atomic mass is 10.1. The van der Waals surface area contributed by atoms with E-state index in [9.17, 15) is 9.59 Å². The Morgan fingerprint density at radius 1 is 1.24 bits per heavy atom. The minimum atomic E-state index is -0.394. The number of aromatic nitrogens is 3. The highest BCUT2D eigenvalue weighted by Gasteiger charge is 2.25. The molecule has 3 heterocycles. The lowest BCUT2D eigenvalue weighted by molar-refractivity contribution is -0.660. The van der Waals surface area contributed by atoms with Gasteiger partial charge in [0.1, 0.15) is 10.9 Å². The summed E-state index contributed by atoms with van der Waals surface area (Å²) in [7, 11) is 0. The molecule has 0 bridgehead atoms. The molecule has 3 aromatic heterocycles. The molecule has 0 saturated carbocycles. The second-order valence-electron chi connectivity index (χ2n) is 8.08. The number of nitrogen functional groups attached to an aromatic ring is 1. The van der Waals surface area contributed by atoms with Crippen LogP contribution in [-0.2, 0) is 11.3 Å². The van der Waals surface area contributed by atoms with E-state index in [4.69, 9.17) is 20.6 Å². The number of benzene rings is 1. The molecule has 0 spiro atoms. The number of hydrogen-bond acceptors (Lipinski definition) is 6. The van der Waals surface area contributed by atoms with E-state index in [1.165, 1.54) is 10.5 Å². The number of nitrogens with zero attached hydrogens (tertiary/aromatic N) is 3. The number of rotatable bonds is 8. The van der Waals surface area contributed by atoms with Gasteiger partial charge >= 0.3 is 0 Å². The van der Waals surface area contributed by atoms with Crippen molar-refractivity contribution in [3.8, 4) is 0 Å². The molecule has 9 nitrogen and oxygen atoms in total. The minimum Gasteiger partial charge on any atom is -0.394 e. The molecule has 34 heavy (non-hydrogen) atoms. The van der Waals surface area contributed by atoms with Crippen LogP contribution in [0.2, 0.25) is 0 Å². The number of carbonyl (C=O) groups excluding carboxylic acids is 1. The third-order valence-electron chi connectivity index (χ3n) is 5.76. The van der Waals surface area contributed by atoms with Gasteiger partial charge in [0.25, 0.3) is 17.1 Å². The predicted octanol–water partition coefficient (Wildman–Crippen LogP) is 1.53. The second kappa shape index (κ2) is 9.98. The molecule has 9 heteroatoms. The van der Waals surface area contributed by atoms with Crippen molar-refractivity contribution in [1.29, 1.82) is 0 Å². The van der Waals surface area contributed by atoms with Crippen LogP contribution in [-0.4, -0.2) is 40.2 Å². The summed E-state index contributed by atoms with van der Waals surface area (Å²) < 4.78 is 8.51. The number of aliphatic hydroxyl groups is 1. The van der Waals surface area contributed by atoms with Gasteiger partial charge in [0.2, 0.25) is 11.5 Å². The fraction of sp³-hybridized carbons (Fsp3) is 0.280. The number of amides is 1. The molecule has 0 unspecified atom stereocenters. The summed E-state index contributed by atoms with van der Waals surface area (Å²) in [6.07, 6.45) is 1.65. The molecule has 0 fully saturated rings. The average molecular weight is 463 g/mol. The zero-order chi connectivity index (χ0) is 24.2. The van der Waals surface area contributed by atoms with Gasteiger partial charge in [0.15, 0.2) is 0 Å². The number of fused-ring (bicyclic) bond motifs is 2. The molecule has 4 N–H and O–H groups in total. The topological polar surface area (TPSA) is 123 Å². The maximum Gasteiger partial charge on any atom is 0.278 e. The van der Waals surface area contributed by atoms with Crippen LogP contribution in [0.3, 0.4) is 0 Å². The second-order valence-corrected chi connectivity index (χ2v) is 8.08. The van der Waals surface area contributed by atoms with E-state index >= 15 is 0 Å². The number of carbonyl (C=O) groups is 1. The molecule has 4 rings (SSSR count). The van der Waals surface area contributed by atoms with Crippen molar-refractivity contribution in [3.63, 3.8) is 0 Å². The van der Waals surface area contributed by atoms with Crippen LogP contribution in [0.25, 0.3) is 16.7 Å². The molecule has 1 aromatic carbocycles. The van der Waals surface area contributed by atoms with Crippen LogP contribution >= 0.6 is 0 Å². The number of ether oxygens (including phenoxy) is 1. The van der Waals surface area contributed by atoms with Gasteiger partial charge in [-0.15, -0.1) is 0 Å². The highest BCUT2D eigenvalue weighted by Crippen LogP contribution is 2.18. The lowest BCUT2D eigenvalue weighted by Gasteiger charge is -2.16. The van der Waals surface area contributed by atoms with E-state index in [1.54, 1.807) is 16.8 Å². The van der Waals surface area contributed by atoms with Crippen LogP contribution in [0.15, 0.2) is 59.5 Å². The Balaban J connectivity index is 1.84. The molecule has 0 aliphatic carbocycles. The van der Waals surface area contributed by atoms with Crippen LogP contribution in [0, 0.1) is 6.92 Å². The number of nitrogens with one attached hydrogen (secondary N) is 1. The zero-order valence-corrected chi connectivity index (χ0v) is 19.2. The first-order chi connectivity index (χ1) is 16.4. The maximum absolute atomic E-state index is 13.4. The maximum atomic E-state index is 13.4. The first-order valence-electron chi connectivity index (χ1n) is 11.1. The van der Waals surface area contributed by atoms with E-state index in [2.05, 4.69) is 5.32 Å². The fourth-order valence-electron chi connectivity index (χ4n) is 3.94. The Hall–Kier alpha value is -3.82. The number of aliphatic hydroxyl groups excluding tert-OH is 1. The molecule has 0 saturated heterocycles. The molecule has 0 aliphatic heterocycles. The summed E-state index contributed by atoms with van der Waals surface area (Å²) in [6, 6.07) is 14.5. The number of nitrogens with two attached hydrogens (primary N) is 1. The molecular weight excluding hydrogens is 434 g/mol. The van der Waals surface area contributed by atoms with Gasteiger partial charge in [-0.05, 0) is 31.5 Å². The van der Waals surface area contributed by atoms with E-state index in [-0.39, 0.29) is 54.7 Å². The van der Waals surface area contributed by atoms with Crippen LogP contribution in [0.4, 0.5) is 5.82 Å². The molecule has 1 atom stereocenters. The van der Waals surface area contributed by atoms with Crippen molar-refractivity contribution in [1.82, 2.24) is 14.7 Å². The smallest absolute Gasteiger partial charge is 0.278 e. The first kappa shape index (κ1) is 23.3. The molecule has 0 aliphatic rings. The van der Waals surface area contributed by atoms with Crippen LogP contribution in [0.1, 0.15) is 34.5 Å². The third-order valence-corrected chi connectivity index (χ3v) is 5.76. The Morgan fingerprint density at radius 3 is 2.74 bits per heavy atom. The van der Waals surface area contributed by atoms with E-state index < -0.39 is 5.91 Å². The van der Waals surface area contributed by atoms with Crippen molar-refractivity contribution < 1.29 is 19.2 Å². The standard InChI is InChI=1S/C25H27N5O4/c1-16-7-6-10-30-22(16)28-23-20(25(30)33)15-19(21(26)29(23)11-13-34-14-12-31)24(32)27-17(2)18-8-4-3-5-9-18/h3-10,15,17,26,31H,11-14H2,1-2H3,(H,27,32)/p+1/t17-/m1/s1. The number of anilines is 1. The van der Waals surface area contributed by atoms with Crippen LogP contribution < -0.4 is 21.2 Å². The fourth-order valence-corrected chi connectivity index (χ4v) is 3.94. The van der Waals surface area contributed by atoms with Gasteiger partial charge in [-0.2, -0.15) is 0 Å². The van der Waals surface area contributed by atoms with Gasteiger partial charge in [-0.25, -0.2) is 4.57 Å². The van der Waals surface area contributed by atoms with Crippen molar-refractivity contribution in [2.75, 3.05) is 25.6 Å². The minimum absolute atomic E-state index is 0.107. The predicted molar refractivity (Wildman–Crippen MR) is 129 cm³/mol. The average Bonchev–Trinajstić information content (AvgIpc) is 2.84. The Kier molecular flexibility index (Phi) is 6.85. The van der Waals surface area contributed by atoms with E-state index in [0.29, 0.717) is 11.3 Å². The van der Waals surface area contributed by atoms with Crippen molar-refractivity contribution in [3.05, 3.63) is 81.8 Å². The Bertz CT molecular complexity index is 1400. The summed E-state index contributed by atoms with van der Waals surface area (Å²) in [4.78, 5) is 31.3. The Labute approximate surface area is 196 Å². The van der Waals surface area contributed by atoms with Gasteiger partial charge in [0.05, 0.1) is 32.4 Å². The summed E-state index contributed by atoms with van der Waals surface area (Å²) in [5.74, 6) is -0.211. The van der Waals surface area contributed by atoms with E-state index in [1.807, 2.05) is 50.2 Å². The molecule has 4 aromatic rings. The summed E-state index contributed by atoms with van der Waals surface area (Å²) in [6.45, 7) is 4.30. The van der Waals surface area contributed by atoms with E-state index in [0.717, 1.165) is 11.1 Å². The number of pyridine rings is 2. The molecular formula is C25H28N5O4+. The summed E-state index contributed by atoms with van der Waals surface area (Å²) >= 11 is 0. The first-order valence-corrected chi connectivity index (χ1v) is 11.1. The summed E-state index contributed by atoms with van der Waals surface area (Å²) in [5, 5.41) is 12.2. The van der Waals surface area contributed by atoms with Gasteiger partial charge in [-0.1, -0.05) is 41.4 Å². The molecule has 0 radical (unpaired) electrons. The van der Waals surface area contributed by atoms with Crippen molar-refractivity contribution in [2.45, 2.75) is 26.4 Å². The third kappa shape index (κ3) is 4.48.